The van der Waals surface area contributed by atoms with E-state index in [0.717, 1.165) is 19.4 Å². The highest BCUT2D eigenvalue weighted by Gasteiger charge is 2.40. The van der Waals surface area contributed by atoms with Gasteiger partial charge in [0, 0.05) is 5.54 Å². The van der Waals surface area contributed by atoms with Crippen molar-refractivity contribution in [1.82, 2.24) is 5.32 Å². The predicted molar refractivity (Wildman–Crippen MR) is 59.5 cm³/mol. The molecular formula is C11H22N2O2. The molecule has 0 aromatic rings. The topological polar surface area (TPSA) is 64.3 Å². The first-order valence-corrected chi connectivity index (χ1v) is 5.48. The van der Waals surface area contributed by atoms with Crippen molar-refractivity contribution in [3.05, 3.63) is 0 Å². The van der Waals surface area contributed by atoms with E-state index in [-0.39, 0.29) is 11.5 Å². The highest BCUT2D eigenvalue weighted by molar-refractivity contribution is 5.77. The molecule has 15 heavy (non-hydrogen) atoms. The Hall–Kier alpha value is -0.610. The fourth-order valence-corrected chi connectivity index (χ4v) is 1.81. The molecule has 2 atom stereocenters. The molecule has 1 heterocycles. The molecule has 4 nitrogen and oxygen atoms in total. The summed E-state index contributed by atoms with van der Waals surface area (Å²) in [6.45, 7) is 8.45. The molecule has 3 N–H and O–H groups in total. The van der Waals surface area contributed by atoms with Gasteiger partial charge in [0.15, 0.2) is 0 Å². The highest BCUT2D eigenvalue weighted by atomic mass is 16.6. The van der Waals surface area contributed by atoms with E-state index in [1.807, 2.05) is 27.7 Å². The molecule has 1 aliphatic rings. The van der Waals surface area contributed by atoms with E-state index in [2.05, 4.69) is 5.32 Å². The zero-order chi connectivity index (χ0) is 11.7. The second-order valence-electron chi connectivity index (χ2n) is 5.46. The van der Waals surface area contributed by atoms with Crippen molar-refractivity contribution in [2.45, 2.75) is 57.7 Å². The monoisotopic (exact) mass is 214 g/mol. The van der Waals surface area contributed by atoms with Gasteiger partial charge in [0.2, 0.25) is 0 Å². The van der Waals surface area contributed by atoms with Gasteiger partial charge in [0.05, 0.1) is 0 Å². The fourth-order valence-electron chi connectivity index (χ4n) is 1.81. The Morgan fingerprint density at radius 2 is 2.13 bits per heavy atom. The normalized spacial score (nSPS) is 28.9. The van der Waals surface area contributed by atoms with E-state index in [0.29, 0.717) is 0 Å². The van der Waals surface area contributed by atoms with Crippen LogP contribution in [0.15, 0.2) is 0 Å². The Morgan fingerprint density at radius 3 is 2.53 bits per heavy atom. The molecule has 0 amide bonds. The molecular weight excluding hydrogens is 192 g/mol. The minimum atomic E-state index is -0.584. The van der Waals surface area contributed by atoms with Gasteiger partial charge in [0.1, 0.15) is 11.6 Å². The zero-order valence-electron chi connectivity index (χ0n) is 10.1. The van der Waals surface area contributed by atoms with Crippen LogP contribution in [-0.2, 0) is 9.53 Å². The number of hydrogen-bond acceptors (Lipinski definition) is 4. The van der Waals surface area contributed by atoms with Gasteiger partial charge in [-0.15, -0.1) is 0 Å². The molecule has 0 aromatic heterocycles. The molecule has 1 rings (SSSR count). The quantitative estimate of drug-likeness (QED) is 0.667. The van der Waals surface area contributed by atoms with Crippen LogP contribution in [0.3, 0.4) is 0 Å². The summed E-state index contributed by atoms with van der Waals surface area (Å²) in [7, 11) is 0. The van der Waals surface area contributed by atoms with Gasteiger partial charge in [-0.2, -0.15) is 0 Å². The average molecular weight is 214 g/mol. The van der Waals surface area contributed by atoms with Gasteiger partial charge in [-0.1, -0.05) is 0 Å². The summed E-state index contributed by atoms with van der Waals surface area (Å²) in [5, 5.41) is 3.27. The predicted octanol–water partition coefficient (Wildman–Crippen LogP) is 0.797. The molecule has 1 saturated heterocycles. The van der Waals surface area contributed by atoms with Gasteiger partial charge in [-0.05, 0) is 47.1 Å². The number of carbonyl (C=O) groups is 1. The van der Waals surface area contributed by atoms with E-state index >= 15 is 0 Å². The van der Waals surface area contributed by atoms with E-state index in [9.17, 15) is 4.79 Å². The summed E-state index contributed by atoms with van der Waals surface area (Å²) in [4.78, 5) is 11.8. The van der Waals surface area contributed by atoms with Gasteiger partial charge in [-0.25, -0.2) is 0 Å². The maximum atomic E-state index is 11.8. The molecule has 0 aromatic carbocycles. The molecule has 0 saturated carbocycles. The Bertz CT molecular complexity index is 239. The number of rotatable bonds is 2. The average Bonchev–Trinajstić information content (AvgIpc) is 2.49. The maximum absolute atomic E-state index is 11.8. The lowest BCUT2D eigenvalue weighted by Crippen LogP contribution is -2.57. The summed E-state index contributed by atoms with van der Waals surface area (Å²) in [5.41, 5.74) is 5.16. The third kappa shape index (κ3) is 3.18. The molecule has 1 fully saturated rings. The summed E-state index contributed by atoms with van der Waals surface area (Å²) in [5.74, 6) is -0.320. The Kier molecular flexibility index (Phi) is 3.41. The molecule has 1 unspecified atom stereocenters. The van der Waals surface area contributed by atoms with Gasteiger partial charge in [0.25, 0.3) is 0 Å². The number of nitrogens with two attached hydrogens (primary N) is 1. The number of hydrogen-bond donors (Lipinski definition) is 2. The SMILES string of the molecule is CC(C)(C)OC(=O)C(N)[C@@]1(C)CCCN1. The van der Waals surface area contributed by atoms with Crippen LogP contribution in [0, 0.1) is 0 Å². The van der Waals surface area contributed by atoms with Gasteiger partial charge < -0.3 is 15.8 Å². The van der Waals surface area contributed by atoms with Crippen LogP contribution in [0.5, 0.6) is 0 Å². The van der Waals surface area contributed by atoms with Gasteiger partial charge in [-0.3, -0.25) is 4.79 Å². The molecule has 0 spiro atoms. The number of esters is 1. The number of ether oxygens (including phenoxy) is 1. The van der Waals surface area contributed by atoms with Crippen LogP contribution in [0.1, 0.15) is 40.5 Å². The van der Waals surface area contributed by atoms with E-state index in [1.165, 1.54) is 0 Å². The summed E-state index contributed by atoms with van der Waals surface area (Å²) in [6, 6.07) is -0.584. The van der Waals surface area contributed by atoms with Crippen LogP contribution in [0.25, 0.3) is 0 Å². The number of carbonyl (C=O) groups excluding carboxylic acids is 1. The first-order valence-electron chi connectivity index (χ1n) is 5.48. The fraction of sp³-hybridized carbons (Fsp3) is 0.909. The Balaban J connectivity index is 2.60. The summed E-state index contributed by atoms with van der Waals surface area (Å²) >= 11 is 0. The first kappa shape index (κ1) is 12.5. The Labute approximate surface area is 91.5 Å². The molecule has 0 bridgehead atoms. The third-order valence-electron chi connectivity index (χ3n) is 2.75. The highest BCUT2D eigenvalue weighted by Crippen LogP contribution is 2.23. The van der Waals surface area contributed by atoms with Crippen molar-refractivity contribution < 1.29 is 9.53 Å². The minimum Gasteiger partial charge on any atom is -0.459 e. The van der Waals surface area contributed by atoms with Crippen LogP contribution in [0.4, 0.5) is 0 Å². The molecule has 88 valence electrons. The zero-order valence-corrected chi connectivity index (χ0v) is 10.1. The number of nitrogens with one attached hydrogen (secondary N) is 1. The second-order valence-corrected chi connectivity index (χ2v) is 5.46. The van der Waals surface area contributed by atoms with Crippen molar-refractivity contribution in [3.8, 4) is 0 Å². The van der Waals surface area contributed by atoms with Crippen LogP contribution in [-0.4, -0.2) is 29.7 Å². The van der Waals surface area contributed by atoms with Crippen LogP contribution in [0.2, 0.25) is 0 Å². The van der Waals surface area contributed by atoms with Crippen LogP contribution >= 0.6 is 0 Å². The molecule has 4 heteroatoms. The van der Waals surface area contributed by atoms with E-state index in [4.69, 9.17) is 10.5 Å². The lowest BCUT2D eigenvalue weighted by molar-refractivity contribution is -0.158. The maximum Gasteiger partial charge on any atom is 0.325 e. The lowest BCUT2D eigenvalue weighted by atomic mass is 9.91. The largest absolute Gasteiger partial charge is 0.459 e. The molecule has 0 radical (unpaired) electrons. The minimum absolute atomic E-state index is 0.303. The van der Waals surface area contributed by atoms with Crippen molar-refractivity contribution in [2.75, 3.05) is 6.54 Å². The standard InChI is InChI=1S/C11H22N2O2/c1-10(2,3)15-9(14)8(12)11(4)6-5-7-13-11/h8,13H,5-7,12H2,1-4H3/t8?,11-/m1/s1. The second kappa shape index (κ2) is 4.10. The summed E-state index contributed by atoms with van der Waals surface area (Å²) in [6.07, 6.45) is 1.99. The molecule has 1 aliphatic heterocycles. The van der Waals surface area contributed by atoms with E-state index in [1.54, 1.807) is 0 Å². The van der Waals surface area contributed by atoms with E-state index < -0.39 is 11.6 Å². The van der Waals surface area contributed by atoms with Crippen molar-refractivity contribution >= 4 is 5.97 Å². The van der Waals surface area contributed by atoms with Crippen molar-refractivity contribution in [3.63, 3.8) is 0 Å². The van der Waals surface area contributed by atoms with Gasteiger partial charge >= 0.3 is 5.97 Å². The van der Waals surface area contributed by atoms with Crippen LogP contribution < -0.4 is 11.1 Å². The smallest absolute Gasteiger partial charge is 0.325 e. The lowest BCUT2D eigenvalue weighted by Gasteiger charge is -2.32. The summed E-state index contributed by atoms with van der Waals surface area (Å²) < 4.78 is 5.27. The third-order valence-corrected chi connectivity index (χ3v) is 2.75. The molecule has 0 aliphatic carbocycles. The Morgan fingerprint density at radius 1 is 1.53 bits per heavy atom. The van der Waals surface area contributed by atoms with Crippen molar-refractivity contribution in [2.24, 2.45) is 5.73 Å². The first-order chi connectivity index (χ1) is 6.75. The van der Waals surface area contributed by atoms with Crippen molar-refractivity contribution in [1.29, 1.82) is 0 Å².